The first-order chi connectivity index (χ1) is 8.67. The van der Waals surface area contributed by atoms with Crippen LogP contribution in [0.2, 0.25) is 0 Å². The van der Waals surface area contributed by atoms with Crippen molar-refractivity contribution in [2.45, 2.75) is 13.3 Å². The molecule has 0 fully saturated rings. The highest BCUT2D eigenvalue weighted by atomic mass is 16.6. The predicted molar refractivity (Wildman–Crippen MR) is 67.0 cm³/mol. The summed E-state index contributed by atoms with van der Waals surface area (Å²) < 4.78 is 0. The molecule has 2 aromatic rings. The molecule has 0 radical (unpaired) electrons. The van der Waals surface area contributed by atoms with Crippen molar-refractivity contribution in [2.75, 3.05) is 0 Å². The fourth-order valence-electron chi connectivity index (χ4n) is 1.91. The summed E-state index contributed by atoms with van der Waals surface area (Å²) in [6.45, 7) is 2.00. The Morgan fingerprint density at radius 1 is 1.39 bits per heavy atom. The highest BCUT2D eigenvalue weighted by Gasteiger charge is 2.13. The van der Waals surface area contributed by atoms with Crippen molar-refractivity contribution in [3.05, 3.63) is 51.8 Å². The highest BCUT2D eigenvalue weighted by molar-refractivity contribution is 5.73. The van der Waals surface area contributed by atoms with E-state index in [2.05, 4.69) is 11.1 Å². The van der Waals surface area contributed by atoms with Gasteiger partial charge in [0, 0.05) is 23.9 Å². The summed E-state index contributed by atoms with van der Waals surface area (Å²) in [5, 5.41) is 19.6. The molecule has 0 amide bonds. The summed E-state index contributed by atoms with van der Waals surface area (Å²) in [7, 11) is 0. The van der Waals surface area contributed by atoms with Crippen molar-refractivity contribution in [3.63, 3.8) is 0 Å². The van der Waals surface area contributed by atoms with Gasteiger partial charge >= 0.3 is 0 Å². The van der Waals surface area contributed by atoms with Crippen LogP contribution >= 0.6 is 0 Å². The van der Waals surface area contributed by atoms with Gasteiger partial charge < -0.3 is 4.98 Å². The van der Waals surface area contributed by atoms with Gasteiger partial charge in [-0.2, -0.15) is 5.26 Å². The molecule has 90 valence electrons. The largest absolute Gasteiger partial charge is 0.352 e. The molecule has 5 nitrogen and oxygen atoms in total. The number of H-pyrrole nitrogens is 1. The Balaban J connectivity index is 2.52. The van der Waals surface area contributed by atoms with Crippen LogP contribution in [0.5, 0.6) is 0 Å². The molecule has 5 heteroatoms. The standard InChI is InChI=1S/C13H11N3O2/c1-2-9-8-15-12(7-14)13(9)10-3-5-11(6-4-10)16(17)18/h3-6,8,15H,2H2,1H3. The van der Waals surface area contributed by atoms with Gasteiger partial charge in [-0.05, 0) is 29.7 Å². The first-order valence-electron chi connectivity index (χ1n) is 5.52. The molecule has 0 spiro atoms. The average Bonchev–Trinajstić information content (AvgIpc) is 2.81. The van der Waals surface area contributed by atoms with E-state index >= 15 is 0 Å². The monoisotopic (exact) mass is 241 g/mol. The molecule has 1 aromatic heterocycles. The number of nitriles is 1. The predicted octanol–water partition coefficient (Wildman–Crippen LogP) is 3.02. The van der Waals surface area contributed by atoms with Crippen molar-refractivity contribution in [1.82, 2.24) is 4.98 Å². The maximum atomic E-state index is 10.6. The Morgan fingerprint density at radius 3 is 2.56 bits per heavy atom. The molecule has 0 aliphatic heterocycles. The molecular weight excluding hydrogens is 230 g/mol. The minimum Gasteiger partial charge on any atom is -0.352 e. The van der Waals surface area contributed by atoms with E-state index in [0.29, 0.717) is 5.69 Å². The van der Waals surface area contributed by atoms with E-state index in [9.17, 15) is 10.1 Å². The lowest BCUT2D eigenvalue weighted by molar-refractivity contribution is -0.384. The zero-order valence-corrected chi connectivity index (χ0v) is 9.80. The number of hydrogen-bond donors (Lipinski definition) is 1. The van der Waals surface area contributed by atoms with Crippen molar-refractivity contribution < 1.29 is 4.92 Å². The van der Waals surface area contributed by atoms with E-state index in [-0.39, 0.29) is 5.69 Å². The molecule has 1 aromatic carbocycles. The number of nitrogens with one attached hydrogen (secondary N) is 1. The number of benzene rings is 1. The summed E-state index contributed by atoms with van der Waals surface area (Å²) in [6, 6.07) is 8.33. The van der Waals surface area contributed by atoms with Gasteiger partial charge in [0.15, 0.2) is 0 Å². The second-order valence-corrected chi connectivity index (χ2v) is 3.83. The number of aromatic nitrogens is 1. The van der Waals surface area contributed by atoms with Gasteiger partial charge in [-0.15, -0.1) is 0 Å². The average molecular weight is 241 g/mol. The van der Waals surface area contributed by atoms with Gasteiger partial charge in [0.1, 0.15) is 11.8 Å². The molecule has 0 unspecified atom stereocenters. The van der Waals surface area contributed by atoms with Crippen LogP contribution in [-0.2, 0) is 6.42 Å². The molecular formula is C13H11N3O2. The number of nitrogens with zero attached hydrogens (tertiary/aromatic N) is 2. The maximum Gasteiger partial charge on any atom is 0.269 e. The first kappa shape index (κ1) is 11.9. The number of rotatable bonds is 3. The molecule has 0 aliphatic carbocycles. The van der Waals surface area contributed by atoms with Gasteiger partial charge in [0.25, 0.3) is 5.69 Å². The molecule has 0 saturated heterocycles. The lowest BCUT2D eigenvalue weighted by Gasteiger charge is -2.02. The van der Waals surface area contributed by atoms with E-state index in [1.807, 2.05) is 6.92 Å². The third-order valence-electron chi connectivity index (χ3n) is 2.82. The Morgan fingerprint density at radius 2 is 2.06 bits per heavy atom. The zero-order valence-electron chi connectivity index (χ0n) is 9.80. The van der Waals surface area contributed by atoms with Gasteiger partial charge in [-0.25, -0.2) is 0 Å². The fourth-order valence-corrected chi connectivity index (χ4v) is 1.91. The quantitative estimate of drug-likeness (QED) is 0.662. The lowest BCUT2D eigenvalue weighted by atomic mass is 10.0. The molecule has 0 saturated carbocycles. The van der Waals surface area contributed by atoms with E-state index in [1.165, 1.54) is 12.1 Å². The van der Waals surface area contributed by atoms with E-state index in [1.54, 1.807) is 18.3 Å². The Kier molecular flexibility index (Phi) is 3.11. The van der Waals surface area contributed by atoms with E-state index in [4.69, 9.17) is 5.26 Å². The van der Waals surface area contributed by atoms with Gasteiger partial charge in [0.2, 0.25) is 0 Å². The first-order valence-corrected chi connectivity index (χ1v) is 5.52. The number of nitro groups is 1. The SMILES string of the molecule is CCc1c[nH]c(C#N)c1-c1ccc([N+](=O)[O-])cc1. The number of aromatic amines is 1. The van der Waals surface area contributed by atoms with Crippen LogP contribution in [0.25, 0.3) is 11.1 Å². The zero-order chi connectivity index (χ0) is 13.1. The smallest absolute Gasteiger partial charge is 0.269 e. The molecule has 2 rings (SSSR count). The second kappa shape index (κ2) is 4.72. The summed E-state index contributed by atoms with van der Waals surface area (Å²) in [6.07, 6.45) is 2.60. The summed E-state index contributed by atoms with van der Waals surface area (Å²) >= 11 is 0. The summed E-state index contributed by atoms with van der Waals surface area (Å²) in [5.41, 5.74) is 3.21. The molecule has 0 aliphatic rings. The van der Waals surface area contributed by atoms with Crippen LogP contribution in [0.15, 0.2) is 30.5 Å². The van der Waals surface area contributed by atoms with Crippen molar-refractivity contribution in [2.24, 2.45) is 0 Å². The van der Waals surface area contributed by atoms with Crippen LogP contribution in [0.4, 0.5) is 5.69 Å². The van der Waals surface area contributed by atoms with Crippen LogP contribution in [0, 0.1) is 21.4 Å². The van der Waals surface area contributed by atoms with E-state index in [0.717, 1.165) is 23.1 Å². The van der Waals surface area contributed by atoms with Crippen LogP contribution < -0.4 is 0 Å². The van der Waals surface area contributed by atoms with Crippen molar-refractivity contribution in [1.29, 1.82) is 5.26 Å². The normalized spacial score (nSPS) is 10.0. The highest BCUT2D eigenvalue weighted by Crippen LogP contribution is 2.29. The van der Waals surface area contributed by atoms with Gasteiger partial charge in [0.05, 0.1) is 4.92 Å². The van der Waals surface area contributed by atoms with Gasteiger partial charge in [-0.1, -0.05) is 6.92 Å². The lowest BCUT2D eigenvalue weighted by Crippen LogP contribution is -1.89. The van der Waals surface area contributed by atoms with E-state index < -0.39 is 4.92 Å². The number of nitro benzene ring substituents is 1. The Labute approximate surface area is 104 Å². The maximum absolute atomic E-state index is 10.6. The molecule has 0 atom stereocenters. The van der Waals surface area contributed by atoms with Crippen molar-refractivity contribution >= 4 is 5.69 Å². The minimum absolute atomic E-state index is 0.0471. The third-order valence-corrected chi connectivity index (χ3v) is 2.82. The topological polar surface area (TPSA) is 82.7 Å². The Hall–Kier alpha value is -2.61. The number of aryl methyl sites for hydroxylation is 1. The number of non-ortho nitro benzene ring substituents is 1. The van der Waals surface area contributed by atoms with Crippen LogP contribution in [0.3, 0.4) is 0 Å². The van der Waals surface area contributed by atoms with Crippen molar-refractivity contribution in [3.8, 4) is 17.2 Å². The fraction of sp³-hybridized carbons (Fsp3) is 0.154. The molecule has 1 N–H and O–H groups in total. The minimum atomic E-state index is -0.438. The third kappa shape index (κ3) is 1.96. The van der Waals surface area contributed by atoms with Gasteiger partial charge in [-0.3, -0.25) is 10.1 Å². The summed E-state index contributed by atoms with van der Waals surface area (Å²) in [4.78, 5) is 13.1. The Bertz CT molecular complexity index is 621. The molecule has 1 heterocycles. The van der Waals surface area contributed by atoms with Crippen LogP contribution in [0.1, 0.15) is 18.2 Å². The molecule has 0 bridgehead atoms. The second-order valence-electron chi connectivity index (χ2n) is 3.83. The molecule has 18 heavy (non-hydrogen) atoms. The van der Waals surface area contributed by atoms with Crippen LogP contribution in [-0.4, -0.2) is 9.91 Å². The number of hydrogen-bond acceptors (Lipinski definition) is 3. The summed E-state index contributed by atoms with van der Waals surface area (Å²) in [5.74, 6) is 0.